The second-order valence-corrected chi connectivity index (χ2v) is 8.43. The SMILES string of the molecule is C[C@H]1C[C@@]2(F)CSC(N)=N[C@@]2(c2cc(F)cc(NC(=O)c3ccc(F)cn3)c2)CO1. The second kappa shape index (κ2) is 7.59. The first-order valence-electron chi connectivity index (χ1n) is 9.23. The number of ether oxygens (including phenoxy) is 1. The number of aliphatic imine (C=N–C) groups is 1. The molecule has 0 radical (unpaired) electrons. The molecule has 1 saturated heterocycles. The van der Waals surface area contributed by atoms with Gasteiger partial charge in [0.15, 0.2) is 10.8 Å². The number of nitrogens with one attached hydrogen (secondary N) is 1. The average molecular weight is 436 g/mol. The predicted octanol–water partition coefficient (Wildman–Crippen LogP) is 3.39. The third-order valence-electron chi connectivity index (χ3n) is 5.27. The molecule has 10 heteroatoms. The second-order valence-electron chi connectivity index (χ2n) is 7.43. The molecule has 1 aromatic heterocycles. The third-order valence-corrected chi connectivity index (χ3v) is 6.26. The van der Waals surface area contributed by atoms with Crippen molar-refractivity contribution in [3.8, 4) is 0 Å². The van der Waals surface area contributed by atoms with Crippen molar-refractivity contribution in [1.29, 1.82) is 0 Å². The molecule has 0 spiro atoms. The minimum Gasteiger partial charge on any atom is -0.379 e. The van der Waals surface area contributed by atoms with Crippen molar-refractivity contribution in [2.75, 3.05) is 17.7 Å². The van der Waals surface area contributed by atoms with Crippen molar-refractivity contribution in [3.05, 3.63) is 59.4 Å². The maximum atomic E-state index is 16.1. The molecule has 3 heterocycles. The van der Waals surface area contributed by atoms with Crippen LogP contribution in [0, 0.1) is 11.6 Å². The Morgan fingerprint density at radius 1 is 1.30 bits per heavy atom. The Hall–Kier alpha value is -2.59. The Bertz CT molecular complexity index is 1020. The monoisotopic (exact) mass is 436 g/mol. The van der Waals surface area contributed by atoms with Crippen LogP contribution in [-0.4, -0.2) is 40.2 Å². The molecule has 4 rings (SSSR count). The number of nitrogens with zero attached hydrogens (tertiary/aromatic N) is 2. The topological polar surface area (TPSA) is 89.6 Å². The largest absolute Gasteiger partial charge is 0.379 e. The Morgan fingerprint density at radius 2 is 2.10 bits per heavy atom. The molecule has 0 bridgehead atoms. The van der Waals surface area contributed by atoms with E-state index < -0.39 is 28.7 Å². The third kappa shape index (κ3) is 3.65. The van der Waals surface area contributed by atoms with E-state index in [4.69, 9.17) is 10.5 Å². The normalized spacial score (nSPS) is 28.4. The van der Waals surface area contributed by atoms with Gasteiger partial charge in [-0.25, -0.2) is 23.1 Å². The highest BCUT2D eigenvalue weighted by Gasteiger charge is 2.59. The molecule has 1 amide bonds. The zero-order valence-electron chi connectivity index (χ0n) is 16.0. The van der Waals surface area contributed by atoms with Gasteiger partial charge in [-0.3, -0.25) is 4.79 Å². The molecule has 2 aromatic rings. The number of halogens is 3. The van der Waals surface area contributed by atoms with Crippen LogP contribution in [0.5, 0.6) is 0 Å². The van der Waals surface area contributed by atoms with E-state index >= 15 is 4.39 Å². The zero-order valence-corrected chi connectivity index (χ0v) is 16.8. The van der Waals surface area contributed by atoms with Gasteiger partial charge in [0.25, 0.3) is 5.91 Å². The number of pyridine rings is 1. The number of fused-ring (bicyclic) bond motifs is 1. The van der Waals surface area contributed by atoms with Crippen molar-refractivity contribution in [3.63, 3.8) is 0 Å². The van der Waals surface area contributed by atoms with Crippen LogP contribution in [0.2, 0.25) is 0 Å². The van der Waals surface area contributed by atoms with Crippen LogP contribution >= 0.6 is 11.8 Å². The minimum absolute atomic E-state index is 0.0497. The number of benzene rings is 1. The number of anilines is 1. The van der Waals surface area contributed by atoms with Gasteiger partial charge in [-0.1, -0.05) is 11.8 Å². The minimum atomic E-state index is -1.80. The quantitative estimate of drug-likeness (QED) is 0.770. The summed E-state index contributed by atoms with van der Waals surface area (Å²) in [4.78, 5) is 20.5. The molecule has 0 aliphatic carbocycles. The first-order chi connectivity index (χ1) is 14.2. The lowest BCUT2D eigenvalue weighted by Gasteiger charge is -2.49. The number of amides is 1. The molecular formula is C20H19F3N4O2S. The summed E-state index contributed by atoms with van der Waals surface area (Å²) in [7, 11) is 0. The van der Waals surface area contributed by atoms with Crippen LogP contribution in [-0.2, 0) is 10.3 Å². The lowest BCUT2D eigenvalue weighted by atomic mass is 9.73. The molecular weight excluding hydrogens is 417 g/mol. The summed E-state index contributed by atoms with van der Waals surface area (Å²) in [5, 5.41) is 2.70. The van der Waals surface area contributed by atoms with Crippen molar-refractivity contribution in [1.82, 2.24) is 4.98 Å². The lowest BCUT2D eigenvalue weighted by molar-refractivity contribution is -0.106. The summed E-state index contributed by atoms with van der Waals surface area (Å²) in [6.45, 7) is 1.66. The Kier molecular flexibility index (Phi) is 5.23. The van der Waals surface area contributed by atoms with E-state index in [2.05, 4.69) is 15.3 Å². The first-order valence-corrected chi connectivity index (χ1v) is 10.2. The summed E-state index contributed by atoms with van der Waals surface area (Å²) >= 11 is 1.11. The number of alkyl halides is 1. The molecule has 0 saturated carbocycles. The fourth-order valence-electron chi connectivity index (χ4n) is 3.81. The average Bonchev–Trinajstić information content (AvgIpc) is 2.68. The van der Waals surface area contributed by atoms with E-state index in [-0.39, 0.29) is 47.0 Å². The number of hydrogen-bond acceptors (Lipinski definition) is 6. The van der Waals surface area contributed by atoms with Gasteiger partial charge in [0.1, 0.15) is 22.9 Å². The molecule has 1 fully saturated rings. The number of carbonyl (C=O) groups is 1. The molecule has 3 N–H and O–H groups in total. The van der Waals surface area contributed by atoms with Gasteiger partial charge in [0.2, 0.25) is 0 Å². The number of amidine groups is 1. The number of hydrogen-bond donors (Lipinski definition) is 2. The first kappa shape index (κ1) is 20.7. The molecule has 1 aromatic carbocycles. The molecule has 158 valence electrons. The Balaban J connectivity index is 1.72. The molecule has 0 unspecified atom stereocenters. The molecule has 6 nitrogen and oxygen atoms in total. The fourth-order valence-corrected chi connectivity index (χ4v) is 4.76. The summed E-state index contributed by atoms with van der Waals surface area (Å²) in [5.41, 5.74) is 2.82. The van der Waals surface area contributed by atoms with Crippen LogP contribution in [0.4, 0.5) is 18.9 Å². The van der Waals surface area contributed by atoms with Gasteiger partial charge < -0.3 is 15.8 Å². The zero-order chi connectivity index (χ0) is 21.5. The maximum Gasteiger partial charge on any atom is 0.274 e. The van der Waals surface area contributed by atoms with Crippen LogP contribution in [0.3, 0.4) is 0 Å². The fraction of sp³-hybridized carbons (Fsp3) is 0.350. The van der Waals surface area contributed by atoms with Crippen LogP contribution < -0.4 is 11.1 Å². The van der Waals surface area contributed by atoms with Gasteiger partial charge in [0.05, 0.1) is 18.9 Å². The molecule has 30 heavy (non-hydrogen) atoms. The molecule has 2 aliphatic rings. The Morgan fingerprint density at radius 3 is 2.83 bits per heavy atom. The summed E-state index contributed by atoms with van der Waals surface area (Å²) in [5.74, 6) is -1.87. The van der Waals surface area contributed by atoms with Gasteiger partial charge in [-0.2, -0.15) is 0 Å². The highest BCUT2D eigenvalue weighted by atomic mass is 32.2. The number of aromatic nitrogens is 1. The van der Waals surface area contributed by atoms with Crippen LogP contribution in [0.1, 0.15) is 29.4 Å². The Labute approximate surface area is 175 Å². The van der Waals surface area contributed by atoms with E-state index in [9.17, 15) is 13.6 Å². The van der Waals surface area contributed by atoms with E-state index in [1.54, 1.807) is 6.92 Å². The highest BCUT2D eigenvalue weighted by molar-refractivity contribution is 8.13. The van der Waals surface area contributed by atoms with Gasteiger partial charge in [-0.05, 0) is 42.8 Å². The predicted molar refractivity (Wildman–Crippen MR) is 108 cm³/mol. The van der Waals surface area contributed by atoms with Gasteiger partial charge in [0, 0.05) is 17.9 Å². The van der Waals surface area contributed by atoms with E-state index in [1.165, 1.54) is 18.2 Å². The summed E-state index contributed by atoms with van der Waals surface area (Å²) in [6, 6.07) is 6.01. The van der Waals surface area contributed by atoms with Crippen molar-refractivity contribution in [2.24, 2.45) is 10.7 Å². The summed E-state index contributed by atoms with van der Waals surface area (Å²) in [6.07, 6.45) is 0.657. The highest BCUT2D eigenvalue weighted by Crippen LogP contribution is 2.51. The van der Waals surface area contributed by atoms with Crippen LogP contribution in [0.25, 0.3) is 0 Å². The number of thioether (sulfide) groups is 1. The lowest BCUT2D eigenvalue weighted by Crippen LogP contribution is -2.60. The standard InChI is InChI=1S/C20H19F3N4O2S/c1-11-7-19(23)10-30-18(24)27-20(19,9-29-11)12-4-14(22)6-15(5-12)26-17(28)16-3-2-13(21)8-25-16/h2-6,8,11H,7,9-10H2,1H3,(H2,24,27)(H,26,28)/t11-,19+,20+/m0/s1. The molecule has 2 aliphatic heterocycles. The van der Waals surface area contributed by atoms with E-state index in [0.29, 0.717) is 0 Å². The maximum absolute atomic E-state index is 16.1. The summed E-state index contributed by atoms with van der Waals surface area (Å²) < 4.78 is 49.3. The number of carbonyl (C=O) groups excluding carboxylic acids is 1. The van der Waals surface area contributed by atoms with Crippen molar-refractivity contribution < 1.29 is 22.7 Å². The smallest absolute Gasteiger partial charge is 0.274 e. The van der Waals surface area contributed by atoms with E-state index in [0.717, 1.165) is 30.1 Å². The number of rotatable bonds is 3. The van der Waals surface area contributed by atoms with Crippen molar-refractivity contribution in [2.45, 2.75) is 30.7 Å². The van der Waals surface area contributed by atoms with Gasteiger partial charge in [-0.15, -0.1) is 0 Å². The van der Waals surface area contributed by atoms with Crippen LogP contribution in [0.15, 0.2) is 41.5 Å². The van der Waals surface area contributed by atoms with Crippen molar-refractivity contribution >= 4 is 28.5 Å². The van der Waals surface area contributed by atoms with E-state index in [1.807, 2.05) is 0 Å². The van der Waals surface area contributed by atoms with Gasteiger partial charge >= 0.3 is 0 Å². The molecule has 3 atom stereocenters. The number of nitrogens with two attached hydrogens (primary N) is 1.